The first kappa shape index (κ1) is 42.9. The molecule has 3 heterocycles. The fourth-order valence-corrected chi connectivity index (χ4v) is 7.96. The molecule has 6 N–H and O–H groups in total. The van der Waals surface area contributed by atoms with E-state index in [1.807, 2.05) is 0 Å². The number of carbonyl (C=O) groups excluding carboxylic acids is 5. The van der Waals surface area contributed by atoms with Crippen LogP contribution < -0.4 is 21.3 Å². The number of hydrogen-bond acceptors (Lipinski definition) is 7. The van der Waals surface area contributed by atoms with Crippen molar-refractivity contribution in [2.75, 3.05) is 23.7 Å². The highest BCUT2D eigenvalue weighted by molar-refractivity contribution is 6.01. The Labute approximate surface area is 357 Å². The van der Waals surface area contributed by atoms with E-state index in [0.29, 0.717) is 65.8 Å². The van der Waals surface area contributed by atoms with E-state index in [-0.39, 0.29) is 17.6 Å². The molecule has 7 rings (SSSR count). The van der Waals surface area contributed by atoms with Gasteiger partial charge < -0.3 is 45.9 Å². The molecule has 62 heavy (non-hydrogen) atoms. The summed E-state index contributed by atoms with van der Waals surface area (Å²) in [5.74, 6) is -2.43. The maximum absolute atomic E-state index is 16.1. The van der Waals surface area contributed by atoms with Crippen molar-refractivity contribution in [1.82, 2.24) is 25.4 Å². The van der Waals surface area contributed by atoms with E-state index < -0.39 is 71.4 Å². The summed E-state index contributed by atoms with van der Waals surface area (Å²) in [6.07, 6.45) is -0.218. The van der Waals surface area contributed by atoms with Gasteiger partial charge in [-0.25, -0.2) is 14.0 Å². The molecule has 2 unspecified atom stereocenters. The van der Waals surface area contributed by atoms with Crippen molar-refractivity contribution < 1.29 is 43.0 Å². The molecule has 2 fully saturated rings. The Kier molecular flexibility index (Phi) is 12.6. The number of aromatic amines is 1. The minimum Gasteiger partial charge on any atom is -0.465 e. The number of nitrogens with one attached hydrogen (secondary N) is 5. The van der Waals surface area contributed by atoms with Crippen LogP contribution in [0.1, 0.15) is 69.7 Å². The minimum atomic E-state index is -1.36. The van der Waals surface area contributed by atoms with Crippen LogP contribution in [0.4, 0.5) is 25.4 Å². The maximum atomic E-state index is 16.1. The second kappa shape index (κ2) is 18.2. The molecule has 0 saturated carbocycles. The van der Waals surface area contributed by atoms with Gasteiger partial charge in [0.25, 0.3) is 11.8 Å². The Morgan fingerprint density at radius 2 is 1.21 bits per heavy atom. The van der Waals surface area contributed by atoms with Crippen LogP contribution in [-0.2, 0) is 23.9 Å². The normalized spacial score (nSPS) is 17.2. The Bertz CT molecular complexity index is 2470. The van der Waals surface area contributed by atoms with E-state index in [9.17, 15) is 33.9 Å². The molecule has 2 aliphatic heterocycles. The molecule has 16 heteroatoms. The van der Waals surface area contributed by atoms with Gasteiger partial charge >= 0.3 is 12.2 Å². The molecular formula is C46H48FN7O8. The van der Waals surface area contributed by atoms with Crippen molar-refractivity contribution in [2.45, 2.75) is 76.2 Å². The molecule has 5 aromatic rings. The lowest BCUT2D eigenvalue weighted by atomic mass is 10.0. The number of fused-ring (bicyclic) bond motifs is 1. The summed E-state index contributed by atoms with van der Waals surface area (Å²) in [5, 5.41) is 20.3. The Morgan fingerprint density at radius 3 is 1.73 bits per heavy atom. The number of halogens is 1. The van der Waals surface area contributed by atoms with Gasteiger partial charge in [-0.15, -0.1) is 0 Å². The van der Waals surface area contributed by atoms with Crippen LogP contribution in [0, 0.1) is 5.82 Å². The predicted molar refractivity (Wildman–Crippen MR) is 229 cm³/mol. The number of anilines is 2. The average molecular weight is 846 g/mol. The van der Waals surface area contributed by atoms with Gasteiger partial charge in [0.05, 0.1) is 5.69 Å². The van der Waals surface area contributed by atoms with Crippen LogP contribution in [-0.4, -0.2) is 86.5 Å². The van der Waals surface area contributed by atoms with Crippen LogP contribution in [0.15, 0.2) is 103 Å². The zero-order valence-electron chi connectivity index (χ0n) is 34.4. The van der Waals surface area contributed by atoms with E-state index >= 15 is 4.39 Å². The van der Waals surface area contributed by atoms with E-state index in [0.717, 1.165) is 0 Å². The van der Waals surface area contributed by atoms with E-state index in [1.54, 1.807) is 118 Å². The van der Waals surface area contributed by atoms with Gasteiger partial charge in [0.15, 0.2) is 5.82 Å². The lowest BCUT2D eigenvalue weighted by Gasteiger charge is -2.29. The summed E-state index contributed by atoms with van der Waals surface area (Å²) < 4.78 is 21.5. The predicted octanol–water partition coefficient (Wildman–Crippen LogP) is 7.11. The van der Waals surface area contributed by atoms with E-state index in [2.05, 4.69) is 26.3 Å². The Morgan fingerprint density at radius 1 is 0.710 bits per heavy atom. The first-order valence-electron chi connectivity index (χ1n) is 20.4. The number of benzene rings is 4. The highest BCUT2D eigenvalue weighted by Crippen LogP contribution is 2.33. The number of carbonyl (C=O) groups is 6. The van der Waals surface area contributed by atoms with Gasteiger partial charge in [-0.2, -0.15) is 0 Å². The third-order valence-electron chi connectivity index (χ3n) is 10.8. The fourth-order valence-electron chi connectivity index (χ4n) is 7.96. The van der Waals surface area contributed by atoms with Gasteiger partial charge in [-0.05, 0) is 87.9 Å². The van der Waals surface area contributed by atoms with Crippen molar-refractivity contribution in [1.29, 1.82) is 0 Å². The fraction of sp³-hybridized carbons (Fsp3) is 0.304. The molecule has 0 bridgehead atoms. The number of aromatic nitrogens is 1. The SMILES string of the molecule is CC(C)(C)OC(=O)NC(C(=O)N1CCCC1C(=O)Nc1ccc2[nH]c(-c3ccc(NC(=O)[C@@H]4CCCN4C(=O)[C@@H](NC(=O)O)c4ccccc4)cc3)c(F)c2c1)c1ccccc1. The van der Waals surface area contributed by atoms with Crippen LogP contribution in [0.25, 0.3) is 22.2 Å². The Balaban J connectivity index is 1.01. The molecule has 4 aromatic carbocycles. The van der Waals surface area contributed by atoms with Crippen LogP contribution in [0.2, 0.25) is 0 Å². The summed E-state index contributed by atoms with van der Waals surface area (Å²) in [6, 6.07) is 24.5. The molecule has 2 aliphatic rings. The van der Waals surface area contributed by atoms with Crippen molar-refractivity contribution in [2.24, 2.45) is 0 Å². The maximum Gasteiger partial charge on any atom is 0.408 e. The molecule has 4 atom stereocenters. The van der Waals surface area contributed by atoms with E-state index in [4.69, 9.17) is 4.74 Å². The zero-order chi connectivity index (χ0) is 44.1. The third kappa shape index (κ3) is 9.70. The second-order valence-electron chi connectivity index (χ2n) is 16.3. The number of amides is 6. The van der Waals surface area contributed by atoms with Gasteiger partial charge in [0, 0.05) is 40.9 Å². The molecule has 1 aromatic heterocycles. The highest BCUT2D eigenvalue weighted by Gasteiger charge is 2.40. The van der Waals surface area contributed by atoms with Crippen molar-refractivity contribution in [3.05, 3.63) is 120 Å². The van der Waals surface area contributed by atoms with Crippen molar-refractivity contribution in [3.8, 4) is 11.3 Å². The summed E-state index contributed by atoms with van der Waals surface area (Å²) >= 11 is 0. The quantitative estimate of drug-likeness (QED) is 0.0807. The summed E-state index contributed by atoms with van der Waals surface area (Å²) in [7, 11) is 0. The third-order valence-corrected chi connectivity index (χ3v) is 10.8. The van der Waals surface area contributed by atoms with Crippen LogP contribution in [0.5, 0.6) is 0 Å². The standard InChI is InChI=1S/C46H48FN7O8/c1-46(2,3)62-45(61)52-39(28-14-8-5-9-15-28)43(58)54-25-11-17-35(54)41(56)49-31-22-23-33-32(26-31)36(47)37(50-33)29-18-20-30(21-19-29)48-40(55)34-16-10-24-53(34)42(57)38(51-44(59)60)27-12-6-4-7-13-27/h4-9,12-15,18-23,26,34-35,38-39,50-51H,10-11,16-17,24-25H2,1-3H3,(H,48,55)(H,49,56)(H,52,61)(H,59,60)/t34-,35?,38-,39?/m0/s1. The van der Waals surface area contributed by atoms with Gasteiger partial charge in [0.2, 0.25) is 11.8 Å². The molecule has 322 valence electrons. The summed E-state index contributed by atoms with van der Waals surface area (Å²) in [4.78, 5) is 85.1. The number of hydrogen-bond donors (Lipinski definition) is 6. The first-order valence-corrected chi connectivity index (χ1v) is 20.4. The van der Waals surface area contributed by atoms with E-state index in [1.165, 1.54) is 15.9 Å². The van der Waals surface area contributed by atoms with Crippen molar-refractivity contribution in [3.63, 3.8) is 0 Å². The zero-order valence-corrected chi connectivity index (χ0v) is 34.4. The summed E-state index contributed by atoms with van der Waals surface area (Å²) in [6.45, 7) is 5.75. The number of rotatable bonds is 11. The molecule has 2 saturated heterocycles. The van der Waals surface area contributed by atoms with Gasteiger partial charge in [0.1, 0.15) is 29.8 Å². The van der Waals surface area contributed by atoms with Gasteiger partial charge in [-0.3, -0.25) is 19.2 Å². The van der Waals surface area contributed by atoms with Crippen molar-refractivity contribution >= 4 is 58.1 Å². The lowest BCUT2D eigenvalue weighted by molar-refractivity contribution is -0.138. The number of carboxylic acid groups (broad SMARTS) is 1. The smallest absolute Gasteiger partial charge is 0.408 e. The molecule has 6 amide bonds. The van der Waals surface area contributed by atoms with Crippen LogP contribution >= 0.6 is 0 Å². The first-order chi connectivity index (χ1) is 29.7. The molecular weight excluding hydrogens is 798 g/mol. The Hall–Kier alpha value is -7.23. The molecule has 15 nitrogen and oxygen atoms in total. The number of ether oxygens (including phenoxy) is 1. The molecule has 0 radical (unpaired) electrons. The molecule has 0 aliphatic carbocycles. The number of alkyl carbamates (subject to hydrolysis) is 1. The highest BCUT2D eigenvalue weighted by atomic mass is 19.1. The number of H-pyrrole nitrogens is 1. The largest absolute Gasteiger partial charge is 0.465 e. The second-order valence-corrected chi connectivity index (χ2v) is 16.3. The van der Waals surface area contributed by atoms with Gasteiger partial charge in [-0.1, -0.05) is 72.8 Å². The number of likely N-dealkylation sites (tertiary alicyclic amines) is 2. The topological polar surface area (TPSA) is 202 Å². The number of nitrogens with zero attached hydrogens (tertiary/aromatic N) is 2. The molecule has 0 spiro atoms. The monoisotopic (exact) mass is 845 g/mol. The summed E-state index contributed by atoms with van der Waals surface area (Å²) in [5.41, 5.74) is 2.08. The van der Waals surface area contributed by atoms with Crippen LogP contribution in [0.3, 0.4) is 0 Å². The lowest BCUT2D eigenvalue weighted by Crippen LogP contribution is -2.49. The average Bonchev–Trinajstić information content (AvgIpc) is 4.02. The minimum absolute atomic E-state index is 0.184.